The number of halogens is 1. The molecule has 26 heavy (non-hydrogen) atoms. The number of pyridine rings is 2. The molecule has 5 nitrogen and oxygen atoms in total. The zero-order valence-electron chi connectivity index (χ0n) is 14.4. The van der Waals surface area contributed by atoms with Gasteiger partial charge in [-0.05, 0) is 46.1 Å². The minimum absolute atomic E-state index is 0.730. The summed E-state index contributed by atoms with van der Waals surface area (Å²) in [4.78, 5) is 13.1. The van der Waals surface area contributed by atoms with Crippen LogP contribution in [0.1, 0.15) is 17.0 Å². The van der Waals surface area contributed by atoms with Gasteiger partial charge < -0.3 is 9.88 Å². The molecule has 0 aliphatic carbocycles. The van der Waals surface area contributed by atoms with Crippen LogP contribution in [0.4, 0.5) is 5.69 Å². The van der Waals surface area contributed by atoms with E-state index in [0.29, 0.717) is 0 Å². The summed E-state index contributed by atoms with van der Waals surface area (Å²) in [6, 6.07) is 12.5. The molecule has 0 atom stereocenters. The van der Waals surface area contributed by atoms with Gasteiger partial charge in [-0.15, -0.1) is 0 Å². The Balaban J connectivity index is 1.52. The molecule has 0 bridgehead atoms. The molecule has 0 fully saturated rings. The van der Waals surface area contributed by atoms with Crippen molar-refractivity contribution < 1.29 is 0 Å². The van der Waals surface area contributed by atoms with Crippen LogP contribution >= 0.6 is 15.9 Å². The second kappa shape index (κ2) is 7.25. The van der Waals surface area contributed by atoms with Gasteiger partial charge in [0.25, 0.3) is 0 Å². The van der Waals surface area contributed by atoms with Gasteiger partial charge in [0.1, 0.15) is 11.3 Å². The summed E-state index contributed by atoms with van der Waals surface area (Å²) in [5, 5.41) is 3.48. The molecule has 0 spiro atoms. The first-order valence-electron chi connectivity index (χ1n) is 8.39. The van der Waals surface area contributed by atoms with Crippen molar-refractivity contribution in [1.82, 2.24) is 19.5 Å². The fraction of sp³-hybridized carbons (Fsp3) is 0.150. The van der Waals surface area contributed by atoms with Crippen LogP contribution in [0, 0.1) is 6.92 Å². The number of hydrogen-bond donors (Lipinski definition) is 1. The first kappa shape index (κ1) is 16.7. The molecule has 3 aromatic heterocycles. The van der Waals surface area contributed by atoms with Crippen LogP contribution in [-0.2, 0) is 13.1 Å². The Kier molecular flexibility index (Phi) is 4.67. The number of aromatic nitrogens is 4. The van der Waals surface area contributed by atoms with Crippen molar-refractivity contribution in [3.05, 3.63) is 82.6 Å². The molecule has 0 amide bonds. The summed E-state index contributed by atoms with van der Waals surface area (Å²) in [7, 11) is 0. The third kappa shape index (κ3) is 3.60. The molecule has 0 aliphatic rings. The molecule has 0 saturated heterocycles. The lowest BCUT2D eigenvalue weighted by atomic mass is 10.1. The zero-order chi connectivity index (χ0) is 17.9. The molecular formula is C20H18BrN5. The Morgan fingerprint density at radius 1 is 1.04 bits per heavy atom. The Bertz CT molecular complexity index is 1060. The summed E-state index contributed by atoms with van der Waals surface area (Å²) in [6.07, 6.45) is 7.44. The fourth-order valence-corrected chi connectivity index (χ4v) is 3.27. The topological polar surface area (TPSA) is 55.6 Å². The summed E-state index contributed by atoms with van der Waals surface area (Å²) in [6.45, 7) is 3.58. The molecule has 130 valence electrons. The molecule has 3 heterocycles. The summed E-state index contributed by atoms with van der Waals surface area (Å²) >= 11 is 3.44. The van der Waals surface area contributed by atoms with E-state index in [0.717, 1.165) is 40.1 Å². The maximum Gasteiger partial charge on any atom is 0.112 e. The first-order chi connectivity index (χ1) is 12.7. The van der Waals surface area contributed by atoms with E-state index in [1.54, 1.807) is 12.4 Å². The lowest BCUT2D eigenvalue weighted by Gasteiger charge is -2.11. The number of nitrogens with zero attached hydrogens (tertiary/aromatic N) is 4. The maximum absolute atomic E-state index is 4.49. The van der Waals surface area contributed by atoms with Crippen LogP contribution in [0.5, 0.6) is 0 Å². The smallest absolute Gasteiger partial charge is 0.112 e. The Hall–Kier alpha value is -2.73. The van der Waals surface area contributed by atoms with E-state index in [9.17, 15) is 0 Å². The number of fused-ring (bicyclic) bond motifs is 1. The summed E-state index contributed by atoms with van der Waals surface area (Å²) in [5.74, 6) is 1.02. The minimum atomic E-state index is 0.730. The summed E-state index contributed by atoms with van der Waals surface area (Å²) in [5.41, 5.74) is 5.21. The van der Waals surface area contributed by atoms with E-state index in [-0.39, 0.29) is 0 Å². The van der Waals surface area contributed by atoms with Gasteiger partial charge >= 0.3 is 0 Å². The number of benzene rings is 1. The standard InChI is InChI=1S/C20H18BrN5/c1-14-22-7-8-26(14)13-16-4-2-3-15(9-16)11-24-18-5-6-23-19-10-17(21)12-25-20(18)19/h2-10,12H,11,13H2,1H3,(H,23,24). The zero-order valence-corrected chi connectivity index (χ0v) is 15.9. The minimum Gasteiger partial charge on any atom is -0.379 e. The predicted molar refractivity (Wildman–Crippen MR) is 107 cm³/mol. The van der Waals surface area contributed by atoms with Crippen molar-refractivity contribution in [3.63, 3.8) is 0 Å². The first-order valence-corrected chi connectivity index (χ1v) is 9.18. The highest BCUT2D eigenvalue weighted by molar-refractivity contribution is 9.10. The number of imidazole rings is 1. The van der Waals surface area contributed by atoms with Crippen LogP contribution in [0.2, 0.25) is 0 Å². The van der Waals surface area contributed by atoms with Crippen molar-refractivity contribution in [3.8, 4) is 0 Å². The van der Waals surface area contributed by atoms with Crippen LogP contribution < -0.4 is 5.32 Å². The maximum atomic E-state index is 4.49. The van der Waals surface area contributed by atoms with Gasteiger partial charge in [-0.2, -0.15) is 0 Å². The van der Waals surface area contributed by atoms with E-state index in [1.165, 1.54) is 11.1 Å². The fourth-order valence-electron chi connectivity index (χ4n) is 2.95. The molecule has 0 saturated carbocycles. The number of aryl methyl sites for hydroxylation is 1. The average Bonchev–Trinajstić information content (AvgIpc) is 3.04. The van der Waals surface area contributed by atoms with Crippen molar-refractivity contribution in [2.75, 3.05) is 5.32 Å². The second-order valence-corrected chi connectivity index (χ2v) is 7.07. The van der Waals surface area contributed by atoms with Gasteiger partial charge in [0.2, 0.25) is 0 Å². The number of rotatable bonds is 5. The molecule has 0 unspecified atom stereocenters. The molecule has 0 radical (unpaired) electrons. The highest BCUT2D eigenvalue weighted by Crippen LogP contribution is 2.22. The molecule has 4 aromatic rings. The van der Waals surface area contributed by atoms with Crippen LogP contribution in [-0.4, -0.2) is 19.5 Å². The van der Waals surface area contributed by atoms with Gasteiger partial charge in [0.05, 0.1) is 11.2 Å². The van der Waals surface area contributed by atoms with E-state index in [2.05, 4.69) is 65.0 Å². The van der Waals surface area contributed by atoms with Crippen LogP contribution in [0.15, 0.2) is 65.7 Å². The largest absolute Gasteiger partial charge is 0.379 e. The lowest BCUT2D eigenvalue weighted by Crippen LogP contribution is -2.04. The summed E-state index contributed by atoms with van der Waals surface area (Å²) < 4.78 is 3.07. The van der Waals surface area contributed by atoms with Crippen molar-refractivity contribution in [1.29, 1.82) is 0 Å². The molecule has 1 aromatic carbocycles. The van der Waals surface area contributed by atoms with Crippen molar-refractivity contribution in [2.45, 2.75) is 20.0 Å². The van der Waals surface area contributed by atoms with Gasteiger partial charge in [-0.3, -0.25) is 9.97 Å². The van der Waals surface area contributed by atoms with Gasteiger partial charge in [-0.25, -0.2) is 4.98 Å². The highest BCUT2D eigenvalue weighted by Gasteiger charge is 2.05. The Morgan fingerprint density at radius 2 is 1.92 bits per heavy atom. The van der Waals surface area contributed by atoms with E-state index < -0.39 is 0 Å². The SMILES string of the molecule is Cc1nccn1Cc1cccc(CNc2ccnc3cc(Br)cnc23)c1. The van der Waals surface area contributed by atoms with Crippen molar-refractivity contribution in [2.24, 2.45) is 0 Å². The predicted octanol–water partition coefficient (Wildman–Crippen LogP) is 4.56. The van der Waals surface area contributed by atoms with Crippen molar-refractivity contribution >= 4 is 32.7 Å². The van der Waals surface area contributed by atoms with E-state index >= 15 is 0 Å². The lowest BCUT2D eigenvalue weighted by molar-refractivity contribution is 0.760. The molecular weight excluding hydrogens is 390 g/mol. The van der Waals surface area contributed by atoms with E-state index in [1.807, 2.05) is 31.5 Å². The third-order valence-electron chi connectivity index (χ3n) is 4.30. The monoisotopic (exact) mass is 407 g/mol. The Labute approximate surface area is 160 Å². The molecule has 0 aliphatic heterocycles. The van der Waals surface area contributed by atoms with Gasteiger partial charge in [-0.1, -0.05) is 24.3 Å². The Morgan fingerprint density at radius 3 is 2.77 bits per heavy atom. The van der Waals surface area contributed by atoms with Crippen LogP contribution in [0.3, 0.4) is 0 Å². The number of nitrogens with one attached hydrogen (secondary N) is 1. The quantitative estimate of drug-likeness (QED) is 0.526. The molecule has 6 heteroatoms. The van der Waals surface area contributed by atoms with Gasteiger partial charge in [0.15, 0.2) is 0 Å². The number of hydrogen-bond acceptors (Lipinski definition) is 4. The van der Waals surface area contributed by atoms with E-state index in [4.69, 9.17) is 0 Å². The number of anilines is 1. The molecule has 1 N–H and O–H groups in total. The normalized spacial score (nSPS) is 11.0. The average molecular weight is 408 g/mol. The highest BCUT2D eigenvalue weighted by atomic mass is 79.9. The third-order valence-corrected chi connectivity index (χ3v) is 4.73. The van der Waals surface area contributed by atoms with Gasteiger partial charge in [0, 0.05) is 42.3 Å². The molecule has 4 rings (SSSR count). The van der Waals surface area contributed by atoms with Crippen LogP contribution in [0.25, 0.3) is 11.0 Å². The second-order valence-electron chi connectivity index (χ2n) is 6.16.